The van der Waals surface area contributed by atoms with E-state index >= 15 is 0 Å². The van der Waals surface area contributed by atoms with Gasteiger partial charge < -0.3 is 15.3 Å². The SMILES string of the molecule is CCCNC(=O)c1cccc(C(=O)N2CCC(n3cc(C(=O)O)cn3)CC2)c1. The molecule has 2 heterocycles. The van der Waals surface area contributed by atoms with Crippen LogP contribution in [0, 0.1) is 0 Å². The van der Waals surface area contributed by atoms with Crippen LogP contribution >= 0.6 is 0 Å². The molecule has 8 heteroatoms. The fourth-order valence-corrected chi connectivity index (χ4v) is 3.30. The summed E-state index contributed by atoms with van der Waals surface area (Å²) < 4.78 is 1.67. The van der Waals surface area contributed by atoms with Crippen LogP contribution in [0.2, 0.25) is 0 Å². The molecular formula is C20H24N4O4. The standard InChI is InChI=1S/C20H24N4O4/c1-2-8-21-18(25)14-4-3-5-15(11-14)19(26)23-9-6-17(7-10-23)24-13-16(12-22-24)20(27)28/h3-5,11-13,17H,2,6-10H2,1H3,(H,21,25)(H,27,28). The van der Waals surface area contributed by atoms with Crippen LogP contribution in [-0.2, 0) is 0 Å². The van der Waals surface area contributed by atoms with Crippen LogP contribution in [0.3, 0.4) is 0 Å². The number of nitrogens with zero attached hydrogens (tertiary/aromatic N) is 3. The molecule has 3 rings (SSSR count). The van der Waals surface area contributed by atoms with E-state index in [0.29, 0.717) is 43.6 Å². The van der Waals surface area contributed by atoms with Gasteiger partial charge in [-0.3, -0.25) is 14.3 Å². The number of nitrogens with one attached hydrogen (secondary N) is 1. The van der Waals surface area contributed by atoms with Crippen LogP contribution in [0.4, 0.5) is 0 Å². The third-order valence-corrected chi connectivity index (χ3v) is 4.88. The molecule has 1 saturated heterocycles. The van der Waals surface area contributed by atoms with Gasteiger partial charge in [0.1, 0.15) is 0 Å². The van der Waals surface area contributed by atoms with Gasteiger partial charge >= 0.3 is 5.97 Å². The maximum Gasteiger partial charge on any atom is 0.338 e. The van der Waals surface area contributed by atoms with Gasteiger partial charge in [-0.15, -0.1) is 0 Å². The molecule has 0 radical (unpaired) electrons. The largest absolute Gasteiger partial charge is 0.478 e. The molecule has 1 aliphatic heterocycles. The molecule has 8 nitrogen and oxygen atoms in total. The number of likely N-dealkylation sites (tertiary alicyclic amines) is 1. The summed E-state index contributed by atoms with van der Waals surface area (Å²) in [6, 6.07) is 6.84. The van der Waals surface area contributed by atoms with Crippen molar-refractivity contribution in [2.75, 3.05) is 19.6 Å². The lowest BCUT2D eigenvalue weighted by Gasteiger charge is -2.32. The number of aromatic nitrogens is 2. The Morgan fingerprint density at radius 3 is 2.54 bits per heavy atom. The predicted molar refractivity (Wildman–Crippen MR) is 102 cm³/mol. The van der Waals surface area contributed by atoms with E-state index in [2.05, 4.69) is 10.4 Å². The number of amides is 2. The van der Waals surface area contributed by atoms with Crippen molar-refractivity contribution in [1.29, 1.82) is 0 Å². The summed E-state index contributed by atoms with van der Waals surface area (Å²) in [4.78, 5) is 37.7. The molecular weight excluding hydrogens is 360 g/mol. The van der Waals surface area contributed by atoms with Gasteiger partial charge in [0.2, 0.25) is 0 Å². The minimum absolute atomic E-state index is 0.0725. The predicted octanol–water partition coefficient (Wildman–Crippen LogP) is 2.20. The second kappa shape index (κ2) is 8.69. The Bertz CT molecular complexity index is 869. The maximum absolute atomic E-state index is 12.8. The number of carboxylic acid groups (broad SMARTS) is 1. The zero-order valence-corrected chi connectivity index (χ0v) is 15.8. The zero-order chi connectivity index (χ0) is 20.1. The smallest absolute Gasteiger partial charge is 0.338 e. The first kappa shape index (κ1) is 19.6. The minimum Gasteiger partial charge on any atom is -0.478 e. The number of aromatic carboxylic acids is 1. The number of carbonyl (C=O) groups excluding carboxylic acids is 2. The molecule has 1 fully saturated rings. The van der Waals surface area contributed by atoms with Gasteiger partial charge in [-0.25, -0.2) is 4.79 Å². The summed E-state index contributed by atoms with van der Waals surface area (Å²) in [5.74, 6) is -1.28. The molecule has 1 aromatic heterocycles. The van der Waals surface area contributed by atoms with Crippen LogP contribution in [0.25, 0.3) is 0 Å². The molecule has 28 heavy (non-hydrogen) atoms. The number of benzene rings is 1. The number of hydrogen-bond acceptors (Lipinski definition) is 4. The third kappa shape index (κ3) is 4.39. The molecule has 1 aliphatic rings. The molecule has 0 saturated carbocycles. The molecule has 0 atom stereocenters. The molecule has 2 aromatic rings. The molecule has 2 amide bonds. The Morgan fingerprint density at radius 2 is 1.89 bits per heavy atom. The number of carbonyl (C=O) groups is 3. The average molecular weight is 384 g/mol. The highest BCUT2D eigenvalue weighted by Crippen LogP contribution is 2.23. The molecule has 0 bridgehead atoms. The van der Waals surface area contributed by atoms with E-state index in [4.69, 9.17) is 5.11 Å². The molecule has 148 valence electrons. The first-order chi connectivity index (χ1) is 13.5. The van der Waals surface area contributed by atoms with Gasteiger partial charge in [-0.1, -0.05) is 13.0 Å². The quantitative estimate of drug-likeness (QED) is 0.794. The number of carboxylic acids is 1. The first-order valence-corrected chi connectivity index (χ1v) is 9.44. The summed E-state index contributed by atoms with van der Waals surface area (Å²) >= 11 is 0. The van der Waals surface area contributed by atoms with Crippen molar-refractivity contribution in [3.63, 3.8) is 0 Å². The summed E-state index contributed by atoms with van der Waals surface area (Å²) in [6.45, 7) is 3.69. The van der Waals surface area contributed by atoms with Gasteiger partial charge in [0, 0.05) is 37.0 Å². The molecule has 1 aromatic carbocycles. The van der Waals surface area contributed by atoms with E-state index in [1.54, 1.807) is 33.8 Å². The average Bonchev–Trinajstić information content (AvgIpc) is 3.22. The molecule has 0 spiro atoms. The zero-order valence-electron chi connectivity index (χ0n) is 15.8. The van der Waals surface area contributed by atoms with E-state index < -0.39 is 5.97 Å². The molecule has 2 N–H and O–H groups in total. The van der Waals surface area contributed by atoms with E-state index in [0.717, 1.165) is 6.42 Å². The van der Waals surface area contributed by atoms with Crippen molar-refractivity contribution in [1.82, 2.24) is 20.0 Å². The van der Waals surface area contributed by atoms with Gasteiger partial charge in [0.05, 0.1) is 17.8 Å². The highest BCUT2D eigenvalue weighted by atomic mass is 16.4. The highest BCUT2D eigenvalue weighted by molar-refractivity contribution is 5.99. The lowest BCUT2D eigenvalue weighted by molar-refractivity contribution is 0.0688. The summed E-state index contributed by atoms with van der Waals surface area (Å²) in [5.41, 5.74) is 1.14. The Hall–Kier alpha value is -3.16. The fourth-order valence-electron chi connectivity index (χ4n) is 3.30. The van der Waals surface area contributed by atoms with Gasteiger partial charge in [0.15, 0.2) is 0 Å². The summed E-state index contributed by atoms with van der Waals surface area (Å²) in [6.07, 6.45) is 5.12. The Morgan fingerprint density at radius 1 is 1.18 bits per heavy atom. The second-order valence-electron chi connectivity index (χ2n) is 6.87. The van der Waals surface area contributed by atoms with Crippen molar-refractivity contribution in [2.24, 2.45) is 0 Å². The Kier molecular flexibility index (Phi) is 6.08. The monoisotopic (exact) mass is 384 g/mol. The first-order valence-electron chi connectivity index (χ1n) is 9.44. The number of piperidine rings is 1. The molecule has 0 unspecified atom stereocenters. The van der Waals surface area contributed by atoms with Gasteiger partial charge in [-0.05, 0) is 37.5 Å². The van der Waals surface area contributed by atoms with E-state index in [1.807, 2.05) is 6.92 Å². The lowest BCUT2D eigenvalue weighted by Crippen LogP contribution is -2.39. The van der Waals surface area contributed by atoms with Gasteiger partial charge in [-0.2, -0.15) is 5.10 Å². The second-order valence-corrected chi connectivity index (χ2v) is 6.87. The van der Waals surface area contributed by atoms with Crippen molar-refractivity contribution in [2.45, 2.75) is 32.2 Å². The van der Waals surface area contributed by atoms with Crippen LogP contribution in [-0.4, -0.2) is 57.2 Å². The van der Waals surface area contributed by atoms with E-state index in [-0.39, 0.29) is 23.4 Å². The van der Waals surface area contributed by atoms with E-state index in [1.165, 1.54) is 12.4 Å². The maximum atomic E-state index is 12.8. The number of hydrogen-bond donors (Lipinski definition) is 2. The van der Waals surface area contributed by atoms with Crippen LogP contribution < -0.4 is 5.32 Å². The number of rotatable bonds is 6. The van der Waals surface area contributed by atoms with Gasteiger partial charge in [0.25, 0.3) is 11.8 Å². The molecule has 0 aliphatic carbocycles. The van der Waals surface area contributed by atoms with E-state index in [9.17, 15) is 14.4 Å². The summed E-state index contributed by atoms with van der Waals surface area (Å²) in [7, 11) is 0. The van der Waals surface area contributed by atoms with Crippen molar-refractivity contribution < 1.29 is 19.5 Å². The lowest BCUT2D eigenvalue weighted by atomic mass is 10.0. The van der Waals surface area contributed by atoms with Crippen molar-refractivity contribution in [3.05, 3.63) is 53.3 Å². The minimum atomic E-state index is -0.998. The van der Waals surface area contributed by atoms with Crippen molar-refractivity contribution in [3.8, 4) is 0 Å². The third-order valence-electron chi connectivity index (χ3n) is 4.88. The normalized spacial score (nSPS) is 14.7. The fraction of sp³-hybridized carbons (Fsp3) is 0.400. The Labute approximate surface area is 163 Å². The topological polar surface area (TPSA) is 105 Å². The van der Waals surface area contributed by atoms with Crippen LogP contribution in [0.5, 0.6) is 0 Å². The van der Waals surface area contributed by atoms with Crippen LogP contribution in [0.15, 0.2) is 36.7 Å². The van der Waals surface area contributed by atoms with Crippen LogP contribution in [0.1, 0.15) is 63.3 Å². The van der Waals surface area contributed by atoms with Crippen molar-refractivity contribution >= 4 is 17.8 Å². The Balaban J connectivity index is 1.62. The highest BCUT2D eigenvalue weighted by Gasteiger charge is 2.26. The summed E-state index contributed by atoms with van der Waals surface area (Å²) in [5, 5.41) is 16.0.